The minimum absolute atomic E-state index is 0.162. The van der Waals surface area contributed by atoms with E-state index in [0.717, 1.165) is 10.0 Å². The Kier molecular flexibility index (Phi) is 5.12. The van der Waals surface area contributed by atoms with Crippen LogP contribution < -0.4 is 11.1 Å². The van der Waals surface area contributed by atoms with Crippen molar-refractivity contribution in [2.24, 2.45) is 5.10 Å². The summed E-state index contributed by atoms with van der Waals surface area (Å²) < 4.78 is 2.38. The molecule has 32 heavy (non-hydrogen) atoms. The quantitative estimate of drug-likeness (QED) is 0.348. The van der Waals surface area contributed by atoms with E-state index >= 15 is 0 Å². The number of anilines is 2. The Bertz CT molecular complexity index is 1490. The van der Waals surface area contributed by atoms with Crippen LogP contribution in [0.25, 0.3) is 22.2 Å². The van der Waals surface area contributed by atoms with Gasteiger partial charge in [0.2, 0.25) is 0 Å². The van der Waals surface area contributed by atoms with Crippen molar-refractivity contribution in [2.45, 2.75) is 0 Å². The summed E-state index contributed by atoms with van der Waals surface area (Å²) in [7, 11) is 0. The number of carbonyl (C=O) groups excluding carboxylic acids is 1. The Balaban J connectivity index is 1.68. The van der Waals surface area contributed by atoms with E-state index in [9.17, 15) is 4.79 Å². The van der Waals surface area contributed by atoms with Gasteiger partial charge in [-0.2, -0.15) is 9.78 Å². The first kappa shape index (κ1) is 19.9. The molecule has 0 radical (unpaired) electrons. The zero-order valence-electron chi connectivity index (χ0n) is 16.7. The number of nitrogens with one attached hydrogen (secondary N) is 1. The van der Waals surface area contributed by atoms with Gasteiger partial charge in [-0.3, -0.25) is 4.79 Å². The Labute approximate surface area is 191 Å². The molecule has 0 saturated heterocycles. The number of nitrogen functional groups attached to an aromatic ring is 1. The second kappa shape index (κ2) is 8.24. The van der Waals surface area contributed by atoms with Crippen molar-refractivity contribution in [3.8, 4) is 0 Å². The predicted octanol–water partition coefficient (Wildman–Crippen LogP) is 5.06. The van der Waals surface area contributed by atoms with Gasteiger partial charge in [0.1, 0.15) is 16.9 Å². The number of fused-ring (bicyclic) bond motifs is 2. The van der Waals surface area contributed by atoms with Crippen LogP contribution in [0.4, 0.5) is 11.5 Å². The molecule has 5 rings (SSSR count). The normalized spacial score (nSPS) is 11.4. The minimum Gasteiger partial charge on any atom is -0.383 e. The third-order valence-electron chi connectivity index (χ3n) is 4.90. The zero-order valence-corrected chi connectivity index (χ0v) is 18.3. The van der Waals surface area contributed by atoms with Crippen molar-refractivity contribution < 1.29 is 4.79 Å². The van der Waals surface area contributed by atoms with Gasteiger partial charge in [0.25, 0.3) is 5.91 Å². The number of benzene rings is 3. The van der Waals surface area contributed by atoms with Crippen LogP contribution in [0.1, 0.15) is 15.9 Å². The number of hydrogen-bond donors (Lipinski definition) is 2. The Hall–Kier alpha value is -4.04. The summed E-state index contributed by atoms with van der Waals surface area (Å²) in [5.74, 6) is -0.213. The van der Waals surface area contributed by atoms with E-state index < -0.39 is 0 Å². The topological polar surface area (TPSA) is 98.2 Å². The molecule has 2 aromatic heterocycles. The molecule has 2 heterocycles. The molecule has 3 N–H and O–H groups in total. The van der Waals surface area contributed by atoms with Crippen LogP contribution in [0.15, 0.2) is 88.4 Å². The maximum Gasteiger partial charge on any atom is 0.261 e. The number of para-hydroxylation sites is 3. The van der Waals surface area contributed by atoms with Crippen molar-refractivity contribution in [1.29, 1.82) is 0 Å². The van der Waals surface area contributed by atoms with E-state index in [-0.39, 0.29) is 17.3 Å². The second-order valence-corrected chi connectivity index (χ2v) is 7.99. The number of carbonyl (C=O) groups is 1. The van der Waals surface area contributed by atoms with Gasteiger partial charge in [0.15, 0.2) is 5.65 Å². The number of aromatic nitrogens is 3. The largest absolute Gasteiger partial charge is 0.383 e. The molecule has 3 aromatic carbocycles. The van der Waals surface area contributed by atoms with Gasteiger partial charge < -0.3 is 11.1 Å². The molecule has 0 aliphatic heterocycles. The molecule has 0 atom stereocenters. The van der Waals surface area contributed by atoms with Crippen LogP contribution >= 0.6 is 15.9 Å². The highest BCUT2D eigenvalue weighted by molar-refractivity contribution is 9.10. The highest BCUT2D eigenvalue weighted by Gasteiger charge is 2.24. The summed E-state index contributed by atoms with van der Waals surface area (Å²) in [6.45, 7) is 0. The summed E-state index contributed by atoms with van der Waals surface area (Å²) >= 11 is 3.46. The standard InChI is InChI=1S/C24H17BrN6O/c25-16-8-6-7-15(13-16)14-27-31-22(26)20(24(32)28-17-9-2-1-3-10-17)21-23(31)30-19-12-5-4-11-18(19)29-21/h1-14H,26H2,(H,28,32)/b27-14+. The monoisotopic (exact) mass is 484 g/mol. The lowest BCUT2D eigenvalue weighted by Gasteiger charge is -2.05. The smallest absolute Gasteiger partial charge is 0.261 e. The summed E-state index contributed by atoms with van der Waals surface area (Å²) in [5.41, 5.74) is 10.3. The lowest BCUT2D eigenvalue weighted by atomic mass is 10.2. The fourth-order valence-corrected chi connectivity index (χ4v) is 3.83. The van der Waals surface area contributed by atoms with Gasteiger partial charge in [0.05, 0.1) is 17.2 Å². The Morgan fingerprint density at radius 3 is 2.44 bits per heavy atom. The van der Waals surface area contributed by atoms with Gasteiger partial charge in [-0.15, -0.1) is 0 Å². The van der Waals surface area contributed by atoms with Crippen molar-refractivity contribution >= 4 is 61.8 Å². The van der Waals surface area contributed by atoms with Gasteiger partial charge >= 0.3 is 0 Å². The highest BCUT2D eigenvalue weighted by Crippen LogP contribution is 2.28. The molecule has 156 valence electrons. The SMILES string of the molecule is Nc1c(C(=O)Nc2ccccc2)c2nc3ccccc3nc2n1/N=C/c1cccc(Br)c1. The fourth-order valence-electron chi connectivity index (χ4n) is 3.41. The van der Waals surface area contributed by atoms with Crippen LogP contribution in [0.3, 0.4) is 0 Å². The number of rotatable bonds is 4. The van der Waals surface area contributed by atoms with Crippen LogP contribution in [0.2, 0.25) is 0 Å². The summed E-state index contributed by atoms with van der Waals surface area (Å²) in [5, 5.41) is 7.40. The number of hydrogen-bond acceptors (Lipinski definition) is 5. The first-order valence-corrected chi connectivity index (χ1v) is 10.6. The van der Waals surface area contributed by atoms with E-state index in [0.29, 0.717) is 27.9 Å². The summed E-state index contributed by atoms with van der Waals surface area (Å²) in [4.78, 5) is 22.6. The first-order chi connectivity index (χ1) is 15.6. The number of halogens is 1. The molecule has 0 bridgehead atoms. The average molecular weight is 485 g/mol. The lowest BCUT2D eigenvalue weighted by Crippen LogP contribution is -2.14. The van der Waals surface area contributed by atoms with Crippen LogP contribution in [-0.2, 0) is 0 Å². The first-order valence-electron chi connectivity index (χ1n) is 9.83. The molecule has 5 aromatic rings. The van der Waals surface area contributed by atoms with E-state index in [1.165, 1.54) is 4.68 Å². The molecular formula is C24H17BrN6O. The second-order valence-electron chi connectivity index (χ2n) is 7.08. The van der Waals surface area contributed by atoms with Gasteiger partial charge in [-0.25, -0.2) is 9.97 Å². The van der Waals surface area contributed by atoms with Crippen LogP contribution in [0, 0.1) is 0 Å². The van der Waals surface area contributed by atoms with Gasteiger partial charge in [-0.05, 0) is 42.0 Å². The van der Waals surface area contributed by atoms with E-state index in [2.05, 4.69) is 31.3 Å². The molecule has 0 aliphatic rings. The molecule has 0 saturated carbocycles. The van der Waals surface area contributed by atoms with E-state index in [1.54, 1.807) is 18.3 Å². The molecular weight excluding hydrogens is 468 g/mol. The van der Waals surface area contributed by atoms with Crippen LogP contribution in [-0.4, -0.2) is 26.8 Å². The Morgan fingerprint density at radius 2 is 1.69 bits per heavy atom. The lowest BCUT2D eigenvalue weighted by molar-refractivity contribution is 0.102. The number of nitrogens with two attached hydrogens (primary N) is 1. The molecule has 0 fully saturated rings. The molecule has 8 heteroatoms. The minimum atomic E-state index is -0.375. The third-order valence-corrected chi connectivity index (χ3v) is 5.40. The summed E-state index contributed by atoms with van der Waals surface area (Å²) in [6, 6.07) is 24.3. The number of amides is 1. The van der Waals surface area contributed by atoms with Crippen molar-refractivity contribution in [3.05, 3.63) is 94.5 Å². The van der Waals surface area contributed by atoms with E-state index in [4.69, 9.17) is 10.7 Å². The van der Waals surface area contributed by atoms with Gasteiger partial charge in [-0.1, -0.05) is 58.4 Å². The predicted molar refractivity (Wildman–Crippen MR) is 131 cm³/mol. The molecule has 0 aliphatic carbocycles. The van der Waals surface area contributed by atoms with Crippen LogP contribution in [0.5, 0.6) is 0 Å². The van der Waals surface area contributed by atoms with Gasteiger partial charge in [0, 0.05) is 10.2 Å². The highest BCUT2D eigenvalue weighted by atomic mass is 79.9. The maximum atomic E-state index is 13.2. The van der Waals surface area contributed by atoms with Crippen molar-refractivity contribution in [3.63, 3.8) is 0 Å². The average Bonchev–Trinajstić information content (AvgIpc) is 3.07. The Morgan fingerprint density at radius 1 is 0.969 bits per heavy atom. The van der Waals surface area contributed by atoms with Crippen molar-refractivity contribution in [1.82, 2.24) is 14.6 Å². The molecule has 0 spiro atoms. The zero-order chi connectivity index (χ0) is 22.1. The number of nitrogens with zero attached hydrogens (tertiary/aromatic N) is 4. The maximum absolute atomic E-state index is 13.2. The van der Waals surface area contributed by atoms with Crippen molar-refractivity contribution in [2.75, 3.05) is 11.1 Å². The summed E-state index contributed by atoms with van der Waals surface area (Å²) in [6.07, 6.45) is 1.66. The fraction of sp³-hybridized carbons (Fsp3) is 0. The van der Waals surface area contributed by atoms with E-state index in [1.807, 2.05) is 66.7 Å². The molecule has 7 nitrogen and oxygen atoms in total. The molecule has 0 unspecified atom stereocenters. The molecule has 1 amide bonds. The third kappa shape index (κ3) is 3.72.